The van der Waals surface area contributed by atoms with Crippen molar-refractivity contribution in [1.82, 2.24) is 19.8 Å². The Hall–Kier alpha value is -3.10. The Balaban J connectivity index is 1.42. The highest BCUT2D eigenvalue weighted by atomic mass is 19.1. The maximum Gasteiger partial charge on any atom is 0.275 e. The number of carbonyl (C=O) groups excluding carboxylic acids is 1. The molecule has 0 saturated carbocycles. The number of rotatable bonds is 2. The average molecular weight is 440 g/mol. The molecule has 1 aromatic heterocycles. The third-order valence-corrected chi connectivity index (χ3v) is 6.50. The number of hydrogen-bond donors (Lipinski definition) is 0. The summed E-state index contributed by atoms with van der Waals surface area (Å²) in [5.41, 5.74) is 0.734. The molecule has 5 heterocycles. The van der Waals surface area contributed by atoms with Crippen molar-refractivity contribution in [3.05, 3.63) is 53.3 Å². The Bertz CT molecular complexity index is 1040. The molecule has 9 heteroatoms. The van der Waals surface area contributed by atoms with Gasteiger partial charge >= 0.3 is 0 Å². The molecule has 1 amide bonds. The second-order valence-electron chi connectivity index (χ2n) is 8.70. The predicted octanol–water partition coefficient (Wildman–Crippen LogP) is 3.53. The van der Waals surface area contributed by atoms with E-state index < -0.39 is 17.5 Å². The van der Waals surface area contributed by atoms with Crippen molar-refractivity contribution in [2.24, 2.45) is 16.0 Å². The highest BCUT2D eigenvalue weighted by Crippen LogP contribution is 2.31. The van der Waals surface area contributed by atoms with Crippen LogP contribution in [-0.2, 0) is 0 Å². The third kappa shape index (κ3) is 3.80. The maximum atomic E-state index is 14.3. The minimum Gasteiger partial charge on any atom is -0.356 e. The number of hydrogen-bond acceptors (Lipinski definition) is 6. The fourth-order valence-electron chi connectivity index (χ4n) is 4.90. The molecule has 2 atom stereocenters. The lowest BCUT2D eigenvalue weighted by Crippen LogP contribution is -2.49. The van der Waals surface area contributed by atoms with E-state index in [1.165, 1.54) is 12.8 Å². The Morgan fingerprint density at radius 1 is 1.12 bits per heavy atom. The fraction of sp³-hybridized carbons (Fsp3) is 0.478. The van der Waals surface area contributed by atoms with Crippen molar-refractivity contribution >= 4 is 18.0 Å². The van der Waals surface area contributed by atoms with E-state index >= 15 is 0 Å². The lowest BCUT2D eigenvalue weighted by atomic mass is 9.89. The van der Waals surface area contributed by atoms with Crippen LogP contribution < -0.4 is 0 Å². The van der Waals surface area contributed by atoms with E-state index in [1.54, 1.807) is 9.91 Å². The van der Waals surface area contributed by atoms with Crippen LogP contribution in [0.4, 0.5) is 8.78 Å². The molecule has 0 spiro atoms. The van der Waals surface area contributed by atoms with E-state index in [9.17, 15) is 13.6 Å². The molecule has 0 radical (unpaired) electrons. The molecule has 1 unspecified atom stereocenters. The van der Waals surface area contributed by atoms with Gasteiger partial charge in [-0.25, -0.2) is 23.8 Å². The summed E-state index contributed by atoms with van der Waals surface area (Å²) in [7, 11) is 0. The van der Waals surface area contributed by atoms with Crippen LogP contribution in [0.1, 0.15) is 49.5 Å². The summed E-state index contributed by atoms with van der Waals surface area (Å²) in [6.45, 7) is 4.55. The van der Waals surface area contributed by atoms with Gasteiger partial charge in [-0.3, -0.25) is 4.79 Å². The molecule has 0 bridgehead atoms. The normalized spacial score (nSPS) is 25.3. The molecule has 7 nitrogen and oxygen atoms in total. The lowest BCUT2D eigenvalue weighted by Gasteiger charge is -2.40. The summed E-state index contributed by atoms with van der Waals surface area (Å²) in [4.78, 5) is 25.7. The number of likely N-dealkylation sites (tertiary alicyclic amines) is 2. The summed E-state index contributed by atoms with van der Waals surface area (Å²) in [6, 6.07) is 0.519. The van der Waals surface area contributed by atoms with Gasteiger partial charge in [-0.2, -0.15) is 5.10 Å². The van der Waals surface area contributed by atoms with Gasteiger partial charge in [0.05, 0.1) is 6.20 Å². The van der Waals surface area contributed by atoms with Gasteiger partial charge in [0.1, 0.15) is 11.7 Å². The first-order valence-corrected chi connectivity index (χ1v) is 11.2. The van der Waals surface area contributed by atoms with Crippen molar-refractivity contribution in [3.63, 3.8) is 0 Å². The molecule has 2 saturated heterocycles. The van der Waals surface area contributed by atoms with E-state index in [0.717, 1.165) is 55.8 Å². The first-order chi connectivity index (χ1) is 15.5. The van der Waals surface area contributed by atoms with E-state index in [-0.39, 0.29) is 17.7 Å². The second kappa shape index (κ2) is 8.44. The summed E-state index contributed by atoms with van der Waals surface area (Å²) < 4.78 is 27.5. The Morgan fingerprint density at radius 2 is 1.91 bits per heavy atom. The highest BCUT2D eigenvalue weighted by Gasteiger charge is 2.36. The standard InChI is InChI=1S/C23H26F2N6O/c1-15-14-31-20(28-22(15)29-7-4-5-8-29)10-16(12-27-31)19-6-2-3-9-30(19)23(32)21-18(25)11-17(24)13-26-21/h10-14,16,19H,2-9H2,1H3/t16?,19-/m0/s1. The zero-order valence-corrected chi connectivity index (χ0v) is 18.0. The van der Waals surface area contributed by atoms with Crippen LogP contribution in [0.25, 0.3) is 0 Å². The van der Waals surface area contributed by atoms with Gasteiger partial charge < -0.3 is 9.80 Å². The first-order valence-electron chi connectivity index (χ1n) is 11.2. The first kappa shape index (κ1) is 20.8. The number of piperidine rings is 1. The third-order valence-electron chi connectivity index (χ3n) is 6.50. The SMILES string of the molecule is CC1=CN2N=CC([C@@H]3CCCCN3C(=O)c3ncc(F)cc3F)C=C2N=C1N1CCCC1. The van der Waals surface area contributed by atoms with Crippen LogP contribution in [-0.4, -0.2) is 63.4 Å². The second-order valence-corrected chi connectivity index (χ2v) is 8.70. The quantitative estimate of drug-likeness (QED) is 0.706. The number of amidine groups is 1. The van der Waals surface area contributed by atoms with Gasteiger partial charge in [0.2, 0.25) is 0 Å². The Morgan fingerprint density at radius 3 is 2.69 bits per heavy atom. The monoisotopic (exact) mass is 440 g/mol. The number of amides is 1. The van der Waals surface area contributed by atoms with Crippen molar-refractivity contribution < 1.29 is 13.6 Å². The van der Waals surface area contributed by atoms with Crippen LogP contribution in [0.15, 0.2) is 46.0 Å². The molecule has 0 N–H and O–H groups in total. The molecule has 4 aliphatic heterocycles. The zero-order chi connectivity index (χ0) is 22.2. The topological polar surface area (TPSA) is 64.4 Å². The average Bonchev–Trinajstić information content (AvgIpc) is 3.33. The van der Waals surface area contributed by atoms with E-state index in [4.69, 9.17) is 4.99 Å². The lowest BCUT2D eigenvalue weighted by molar-refractivity contribution is 0.0576. The molecule has 4 aliphatic rings. The number of hydrazone groups is 1. The van der Waals surface area contributed by atoms with Gasteiger partial charge in [0, 0.05) is 55.6 Å². The molecule has 0 aromatic carbocycles. The largest absolute Gasteiger partial charge is 0.356 e. The van der Waals surface area contributed by atoms with E-state index in [1.807, 2.05) is 25.4 Å². The summed E-state index contributed by atoms with van der Waals surface area (Å²) >= 11 is 0. The van der Waals surface area contributed by atoms with Crippen molar-refractivity contribution in [1.29, 1.82) is 0 Å². The van der Waals surface area contributed by atoms with Crippen LogP contribution in [0.2, 0.25) is 0 Å². The predicted molar refractivity (Wildman–Crippen MR) is 117 cm³/mol. The molecule has 32 heavy (non-hydrogen) atoms. The Labute approximate surface area is 185 Å². The highest BCUT2D eigenvalue weighted by molar-refractivity contribution is 5.99. The van der Waals surface area contributed by atoms with E-state index in [2.05, 4.69) is 15.0 Å². The van der Waals surface area contributed by atoms with Crippen LogP contribution in [0, 0.1) is 17.6 Å². The van der Waals surface area contributed by atoms with Crippen molar-refractivity contribution in [2.75, 3.05) is 19.6 Å². The molecule has 168 valence electrons. The number of carbonyl (C=O) groups is 1. The molecular weight excluding hydrogens is 414 g/mol. The van der Waals surface area contributed by atoms with Gasteiger partial charge in [-0.1, -0.05) is 0 Å². The molecular formula is C23H26F2N6O. The van der Waals surface area contributed by atoms with Crippen LogP contribution in [0.3, 0.4) is 0 Å². The number of pyridine rings is 1. The summed E-state index contributed by atoms with van der Waals surface area (Å²) in [5.74, 6) is -0.671. The smallest absolute Gasteiger partial charge is 0.275 e. The molecule has 2 fully saturated rings. The molecule has 1 aromatic rings. The van der Waals surface area contributed by atoms with Gasteiger partial charge in [0.25, 0.3) is 5.91 Å². The van der Waals surface area contributed by atoms with Crippen LogP contribution >= 0.6 is 0 Å². The number of aliphatic imine (C=N–C) groups is 1. The zero-order valence-electron chi connectivity index (χ0n) is 18.0. The minimum absolute atomic E-state index is 0.149. The van der Waals surface area contributed by atoms with Gasteiger partial charge in [-0.05, 0) is 45.1 Å². The van der Waals surface area contributed by atoms with Crippen molar-refractivity contribution in [3.8, 4) is 0 Å². The van der Waals surface area contributed by atoms with Crippen molar-refractivity contribution in [2.45, 2.75) is 45.1 Å². The maximum absolute atomic E-state index is 14.3. The van der Waals surface area contributed by atoms with E-state index in [0.29, 0.717) is 12.6 Å². The van der Waals surface area contributed by atoms with Gasteiger partial charge in [0.15, 0.2) is 17.3 Å². The number of fused-ring (bicyclic) bond motifs is 1. The number of halogens is 2. The summed E-state index contributed by atoms with van der Waals surface area (Å²) in [6.07, 6.45) is 11.6. The summed E-state index contributed by atoms with van der Waals surface area (Å²) in [5, 5.41) is 6.34. The number of nitrogens with zero attached hydrogens (tertiary/aromatic N) is 6. The molecule has 0 aliphatic carbocycles. The number of aromatic nitrogens is 1. The molecule has 5 rings (SSSR count). The van der Waals surface area contributed by atoms with Gasteiger partial charge in [-0.15, -0.1) is 0 Å². The fourth-order valence-corrected chi connectivity index (χ4v) is 4.90. The Kier molecular flexibility index (Phi) is 5.48. The minimum atomic E-state index is -0.936. The van der Waals surface area contributed by atoms with Crippen LogP contribution in [0.5, 0.6) is 0 Å².